The van der Waals surface area contributed by atoms with Gasteiger partial charge in [-0.25, -0.2) is 0 Å². The number of nitrogens with zero attached hydrogens (tertiary/aromatic N) is 1. The van der Waals surface area contributed by atoms with Crippen LogP contribution in [0.25, 0.3) is 0 Å². The first-order valence-electron chi connectivity index (χ1n) is 4.41. The van der Waals surface area contributed by atoms with E-state index in [0.717, 1.165) is 5.56 Å². The summed E-state index contributed by atoms with van der Waals surface area (Å²) in [5.41, 5.74) is 7.66. The van der Waals surface area contributed by atoms with Gasteiger partial charge in [0, 0.05) is 6.04 Å². The van der Waals surface area contributed by atoms with E-state index in [1.165, 1.54) is 0 Å². The lowest BCUT2D eigenvalue weighted by Gasteiger charge is -2.15. The van der Waals surface area contributed by atoms with Gasteiger partial charge in [0.25, 0.3) is 0 Å². The molecule has 0 aliphatic carbocycles. The highest BCUT2D eigenvalue weighted by Crippen LogP contribution is 2.19. The number of nitrogens with two attached hydrogens (primary N) is 1. The molecule has 2 heteroatoms. The fourth-order valence-electron chi connectivity index (χ4n) is 1.20. The van der Waals surface area contributed by atoms with Gasteiger partial charge >= 0.3 is 0 Å². The second-order valence-corrected chi connectivity index (χ2v) is 3.51. The summed E-state index contributed by atoms with van der Waals surface area (Å²) in [5.74, 6) is 0.397. The highest BCUT2D eigenvalue weighted by molar-refractivity contribution is 5.34. The zero-order valence-corrected chi connectivity index (χ0v) is 7.99. The third-order valence-corrected chi connectivity index (χ3v) is 2.12. The van der Waals surface area contributed by atoms with Crippen molar-refractivity contribution < 1.29 is 0 Å². The summed E-state index contributed by atoms with van der Waals surface area (Å²) in [5, 5.41) is 8.69. The van der Waals surface area contributed by atoms with Gasteiger partial charge < -0.3 is 5.73 Å². The zero-order valence-electron chi connectivity index (χ0n) is 7.99. The Labute approximate surface area is 79.0 Å². The van der Waals surface area contributed by atoms with Crippen molar-refractivity contribution in [2.45, 2.75) is 19.9 Å². The summed E-state index contributed by atoms with van der Waals surface area (Å²) in [6.07, 6.45) is 0. The Bertz CT molecular complexity index is 323. The molecule has 1 aromatic rings. The molecule has 1 aromatic carbocycles. The molecule has 0 saturated heterocycles. The summed E-state index contributed by atoms with van der Waals surface area (Å²) in [7, 11) is 0. The number of nitriles is 1. The van der Waals surface area contributed by atoms with Crippen molar-refractivity contribution in [2.24, 2.45) is 11.7 Å². The Balaban J connectivity index is 2.96. The molecule has 0 spiro atoms. The Hall–Kier alpha value is -1.33. The zero-order chi connectivity index (χ0) is 9.84. The van der Waals surface area contributed by atoms with E-state index >= 15 is 0 Å². The molecule has 1 atom stereocenters. The third-order valence-electron chi connectivity index (χ3n) is 2.12. The van der Waals surface area contributed by atoms with Crippen LogP contribution in [0, 0.1) is 17.2 Å². The van der Waals surface area contributed by atoms with Crippen LogP contribution in [0.15, 0.2) is 24.3 Å². The van der Waals surface area contributed by atoms with Crippen molar-refractivity contribution in [1.29, 1.82) is 5.26 Å². The molecule has 2 N–H and O–H groups in total. The van der Waals surface area contributed by atoms with Crippen LogP contribution in [0.2, 0.25) is 0 Å². The largest absolute Gasteiger partial charge is 0.324 e. The van der Waals surface area contributed by atoms with Gasteiger partial charge in [-0.2, -0.15) is 5.26 Å². The van der Waals surface area contributed by atoms with Crippen LogP contribution in [0.5, 0.6) is 0 Å². The lowest BCUT2D eigenvalue weighted by atomic mass is 9.96. The van der Waals surface area contributed by atoms with Crippen LogP contribution in [0.3, 0.4) is 0 Å². The van der Waals surface area contributed by atoms with Gasteiger partial charge in [-0.05, 0) is 23.6 Å². The molecule has 0 bridgehead atoms. The molecule has 68 valence electrons. The Morgan fingerprint density at radius 3 is 2.62 bits per heavy atom. The van der Waals surface area contributed by atoms with Crippen molar-refractivity contribution >= 4 is 0 Å². The topological polar surface area (TPSA) is 49.8 Å². The van der Waals surface area contributed by atoms with Crippen LogP contribution < -0.4 is 5.73 Å². The maximum atomic E-state index is 8.69. The highest BCUT2D eigenvalue weighted by Gasteiger charge is 2.09. The molecular weight excluding hydrogens is 160 g/mol. The van der Waals surface area contributed by atoms with Crippen LogP contribution >= 0.6 is 0 Å². The molecule has 0 amide bonds. The molecule has 0 aliphatic heterocycles. The van der Waals surface area contributed by atoms with E-state index < -0.39 is 0 Å². The maximum Gasteiger partial charge on any atom is 0.0991 e. The maximum absolute atomic E-state index is 8.69. The fraction of sp³-hybridized carbons (Fsp3) is 0.364. The summed E-state index contributed by atoms with van der Waals surface area (Å²) in [6, 6.07) is 9.60. The number of benzene rings is 1. The van der Waals surface area contributed by atoms with Crippen LogP contribution in [0.4, 0.5) is 0 Å². The van der Waals surface area contributed by atoms with Gasteiger partial charge in [-0.15, -0.1) is 0 Å². The SMILES string of the molecule is CC(C)C(N)c1cccc(C#N)c1. The molecule has 0 aromatic heterocycles. The second kappa shape index (κ2) is 4.06. The standard InChI is InChI=1S/C11H14N2/c1-8(2)11(13)10-5-3-4-9(6-10)7-12/h3-6,8,11H,13H2,1-2H3. The number of hydrogen-bond acceptors (Lipinski definition) is 2. The summed E-state index contributed by atoms with van der Waals surface area (Å²) in [4.78, 5) is 0. The number of rotatable bonds is 2. The van der Waals surface area contributed by atoms with E-state index in [9.17, 15) is 0 Å². The van der Waals surface area contributed by atoms with E-state index in [1.807, 2.05) is 18.2 Å². The molecule has 0 fully saturated rings. The minimum atomic E-state index is 0.0216. The highest BCUT2D eigenvalue weighted by atomic mass is 14.6. The molecule has 2 nitrogen and oxygen atoms in total. The smallest absolute Gasteiger partial charge is 0.0991 e. The minimum Gasteiger partial charge on any atom is -0.324 e. The summed E-state index contributed by atoms with van der Waals surface area (Å²) >= 11 is 0. The van der Waals surface area contributed by atoms with Gasteiger partial charge in [-0.3, -0.25) is 0 Å². The van der Waals surface area contributed by atoms with Gasteiger partial charge in [0.1, 0.15) is 0 Å². The molecule has 1 unspecified atom stereocenters. The Morgan fingerprint density at radius 2 is 2.08 bits per heavy atom. The van der Waals surface area contributed by atoms with Gasteiger partial charge in [-0.1, -0.05) is 26.0 Å². The Morgan fingerprint density at radius 1 is 1.38 bits per heavy atom. The second-order valence-electron chi connectivity index (χ2n) is 3.51. The van der Waals surface area contributed by atoms with Crippen molar-refractivity contribution in [2.75, 3.05) is 0 Å². The molecule has 1 rings (SSSR count). The van der Waals surface area contributed by atoms with Crippen molar-refractivity contribution in [1.82, 2.24) is 0 Å². The fourth-order valence-corrected chi connectivity index (χ4v) is 1.20. The normalized spacial score (nSPS) is 12.5. The minimum absolute atomic E-state index is 0.0216. The molecule has 0 radical (unpaired) electrons. The molecule has 0 heterocycles. The lowest BCUT2D eigenvalue weighted by molar-refractivity contribution is 0.514. The van der Waals surface area contributed by atoms with E-state index in [0.29, 0.717) is 11.5 Å². The van der Waals surface area contributed by atoms with E-state index in [4.69, 9.17) is 11.0 Å². The van der Waals surface area contributed by atoms with E-state index in [2.05, 4.69) is 19.9 Å². The van der Waals surface area contributed by atoms with Crippen molar-refractivity contribution in [3.8, 4) is 6.07 Å². The first-order valence-corrected chi connectivity index (χ1v) is 4.41. The average molecular weight is 174 g/mol. The van der Waals surface area contributed by atoms with Crippen molar-refractivity contribution in [3.63, 3.8) is 0 Å². The number of hydrogen-bond donors (Lipinski definition) is 1. The summed E-state index contributed by atoms with van der Waals surface area (Å²) in [6.45, 7) is 4.15. The first kappa shape index (κ1) is 9.76. The lowest BCUT2D eigenvalue weighted by Crippen LogP contribution is -2.16. The average Bonchev–Trinajstić information content (AvgIpc) is 2.16. The van der Waals surface area contributed by atoms with E-state index in [-0.39, 0.29) is 6.04 Å². The van der Waals surface area contributed by atoms with E-state index in [1.54, 1.807) is 6.07 Å². The quantitative estimate of drug-likeness (QED) is 0.747. The monoisotopic (exact) mass is 174 g/mol. The Kier molecular flexibility index (Phi) is 3.05. The van der Waals surface area contributed by atoms with Crippen LogP contribution in [-0.2, 0) is 0 Å². The molecule has 13 heavy (non-hydrogen) atoms. The molecule has 0 saturated carbocycles. The molecule has 0 aliphatic rings. The predicted octanol–water partition coefficient (Wildman–Crippen LogP) is 2.21. The predicted molar refractivity (Wildman–Crippen MR) is 52.9 cm³/mol. The summed E-state index contributed by atoms with van der Waals surface area (Å²) < 4.78 is 0. The molecular formula is C11H14N2. The van der Waals surface area contributed by atoms with Gasteiger partial charge in [0.15, 0.2) is 0 Å². The first-order chi connectivity index (χ1) is 6.15. The van der Waals surface area contributed by atoms with Crippen molar-refractivity contribution in [3.05, 3.63) is 35.4 Å². The van der Waals surface area contributed by atoms with Crippen LogP contribution in [0.1, 0.15) is 31.0 Å². The van der Waals surface area contributed by atoms with Crippen LogP contribution in [-0.4, -0.2) is 0 Å². The third kappa shape index (κ3) is 2.30. The van der Waals surface area contributed by atoms with Gasteiger partial charge in [0.05, 0.1) is 11.6 Å². The van der Waals surface area contributed by atoms with Gasteiger partial charge in [0.2, 0.25) is 0 Å².